The quantitative estimate of drug-likeness (QED) is 0.712. The maximum atomic E-state index is 5.89. The molecule has 0 spiro atoms. The summed E-state index contributed by atoms with van der Waals surface area (Å²) in [5, 5.41) is 3.78. The molecule has 2 fully saturated rings. The minimum absolute atomic E-state index is 0.266. The fraction of sp³-hybridized carbons (Fsp3) is 1.00. The van der Waals surface area contributed by atoms with Crippen molar-refractivity contribution in [1.82, 2.24) is 5.32 Å². The first-order valence-electron chi connectivity index (χ1n) is 5.90. The van der Waals surface area contributed by atoms with Gasteiger partial charge < -0.3 is 15.8 Å². The normalized spacial score (nSPS) is 28.1. The number of hydrogen-bond acceptors (Lipinski definition) is 3. The lowest BCUT2D eigenvalue weighted by Crippen LogP contribution is -2.54. The van der Waals surface area contributed by atoms with Crippen LogP contribution in [0.2, 0.25) is 0 Å². The number of rotatable bonds is 3. The van der Waals surface area contributed by atoms with E-state index in [1.165, 1.54) is 25.7 Å². The minimum Gasteiger partial charge on any atom is -0.381 e. The fourth-order valence-electron chi connectivity index (χ4n) is 2.73. The van der Waals surface area contributed by atoms with Crippen LogP contribution in [0, 0.1) is 0 Å². The highest BCUT2D eigenvalue weighted by Crippen LogP contribution is 2.30. The van der Waals surface area contributed by atoms with Crippen molar-refractivity contribution in [2.45, 2.75) is 50.1 Å². The number of ether oxygens (including phenoxy) is 1. The van der Waals surface area contributed by atoms with Gasteiger partial charge in [0.05, 0.1) is 0 Å². The average molecular weight is 198 g/mol. The molecule has 0 aromatic carbocycles. The average Bonchev–Trinajstić information content (AvgIpc) is 2.69. The highest BCUT2D eigenvalue weighted by atomic mass is 16.5. The van der Waals surface area contributed by atoms with Crippen molar-refractivity contribution in [1.29, 1.82) is 0 Å². The second-order valence-electron chi connectivity index (χ2n) is 4.72. The molecule has 0 unspecified atom stereocenters. The van der Waals surface area contributed by atoms with Gasteiger partial charge in [0.25, 0.3) is 0 Å². The molecule has 0 aromatic rings. The highest BCUT2D eigenvalue weighted by Gasteiger charge is 2.34. The van der Waals surface area contributed by atoms with E-state index in [2.05, 4.69) is 5.32 Å². The fourth-order valence-corrected chi connectivity index (χ4v) is 2.73. The summed E-state index contributed by atoms with van der Waals surface area (Å²) >= 11 is 0. The summed E-state index contributed by atoms with van der Waals surface area (Å²) in [4.78, 5) is 0. The standard InChI is InChI=1S/C11H22N2O/c12-9-11(5-1-2-6-11)13-10-3-7-14-8-4-10/h10,13H,1-9,12H2. The first kappa shape index (κ1) is 10.4. The summed E-state index contributed by atoms with van der Waals surface area (Å²) < 4.78 is 5.36. The van der Waals surface area contributed by atoms with E-state index in [1.807, 2.05) is 0 Å². The van der Waals surface area contributed by atoms with Crippen LogP contribution in [-0.2, 0) is 4.74 Å². The lowest BCUT2D eigenvalue weighted by atomic mass is 9.94. The molecule has 1 aliphatic carbocycles. The predicted octanol–water partition coefficient (Wildman–Crippen LogP) is 1.03. The van der Waals surface area contributed by atoms with Gasteiger partial charge in [0.2, 0.25) is 0 Å². The van der Waals surface area contributed by atoms with Gasteiger partial charge in [-0.05, 0) is 25.7 Å². The summed E-state index contributed by atoms with van der Waals surface area (Å²) in [7, 11) is 0. The van der Waals surface area contributed by atoms with E-state index in [9.17, 15) is 0 Å². The topological polar surface area (TPSA) is 47.3 Å². The predicted molar refractivity (Wildman–Crippen MR) is 57.2 cm³/mol. The minimum atomic E-state index is 0.266. The zero-order valence-corrected chi connectivity index (χ0v) is 8.93. The Bertz CT molecular complexity index is 172. The lowest BCUT2D eigenvalue weighted by Gasteiger charge is -2.35. The Hall–Kier alpha value is -0.120. The Morgan fingerprint density at radius 2 is 1.86 bits per heavy atom. The molecule has 14 heavy (non-hydrogen) atoms. The van der Waals surface area contributed by atoms with Gasteiger partial charge in [0.15, 0.2) is 0 Å². The van der Waals surface area contributed by atoms with E-state index >= 15 is 0 Å². The van der Waals surface area contributed by atoms with Crippen LogP contribution in [0.25, 0.3) is 0 Å². The van der Waals surface area contributed by atoms with Gasteiger partial charge in [0.1, 0.15) is 0 Å². The Labute approximate surface area is 86.4 Å². The van der Waals surface area contributed by atoms with Crippen LogP contribution >= 0.6 is 0 Å². The van der Waals surface area contributed by atoms with Crippen molar-refractivity contribution < 1.29 is 4.74 Å². The smallest absolute Gasteiger partial charge is 0.0480 e. The Balaban J connectivity index is 1.86. The van der Waals surface area contributed by atoms with Gasteiger partial charge in [0, 0.05) is 31.3 Å². The van der Waals surface area contributed by atoms with Crippen molar-refractivity contribution >= 4 is 0 Å². The van der Waals surface area contributed by atoms with E-state index in [1.54, 1.807) is 0 Å². The molecular weight excluding hydrogens is 176 g/mol. The second-order valence-corrected chi connectivity index (χ2v) is 4.72. The molecule has 1 saturated carbocycles. The molecule has 1 aliphatic heterocycles. The highest BCUT2D eigenvalue weighted by molar-refractivity contribution is 4.96. The van der Waals surface area contributed by atoms with E-state index in [0.717, 1.165) is 32.6 Å². The summed E-state index contributed by atoms with van der Waals surface area (Å²) in [5.74, 6) is 0. The second kappa shape index (κ2) is 4.60. The van der Waals surface area contributed by atoms with Crippen LogP contribution in [0.15, 0.2) is 0 Å². The monoisotopic (exact) mass is 198 g/mol. The third-order valence-corrected chi connectivity index (χ3v) is 3.68. The SMILES string of the molecule is NCC1(NC2CCOCC2)CCCC1. The molecule has 82 valence electrons. The van der Waals surface area contributed by atoms with Crippen molar-refractivity contribution in [2.24, 2.45) is 5.73 Å². The third kappa shape index (κ3) is 2.27. The van der Waals surface area contributed by atoms with Crippen LogP contribution in [0.5, 0.6) is 0 Å². The van der Waals surface area contributed by atoms with Crippen molar-refractivity contribution in [3.8, 4) is 0 Å². The molecule has 3 N–H and O–H groups in total. The summed E-state index contributed by atoms with van der Waals surface area (Å²) in [6, 6.07) is 0.644. The number of nitrogens with two attached hydrogens (primary N) is 1. The van der Waals surface area contributed by atoms with Gasteiger partial charge in [-0.15, -0.1) is 0 Å². The largest absolute Gasteiger partial charge is 0.381 e. The van der Waals surface area contributed by atoms with Crippen LogP contribution in [0.4, 0.5) is 0 Å². The molecule has 0 amide bonds. The summed E-state index contributed by atoms with van der Waals surface area (Å²) in [6.45, 7) is 2.63. The molecule has 2 rings (SSSR count). The molecule has 0 aromatic heterocycles. The van der Waals surface area contributed by atoms with Crippen LogP contribution < -0.4 is 11.1 Å². The summed E-state index contributed by atoms with van der Waals surface area (Å²) in [6.07, 6.45) is 7.52. The van der Waals surface area contributed by atoms with Crippen molar-refractivity contribution in [3.63, 3.8) is 0 Å². The molecule has 0 radical (unpaired) electrons. The maximum absolute atomic E-state index is 5.89. The van der Waals surface area contributed by atoms with Gasteiger partial charge in [-0.25, -0.2) is 0 Å². The third-order valence-electron chi connectivity index (χ3n) is 3.68. The lowest BCUT2D eigenvalue weighted by molar-refractivity contribution is 0.0684. The molecular formula is C11H22N2O. The van der Waals surface area contributed by atoms with Gasteiger partial charge in [-0.2, -0.15) is 0 Å². The van der Waals surface area contributed by atoms with E-state index < -0.39 is 0 Å². The van der Waals surface area contributed by atoms with Gasteiger partial charge in [-0.1, -0.05) is 12.8 Å². The first-order valence-corrected chi connectivity index (χ1v) is 5.90. The molecule has 3 nitrogen and oxygen atoms in total. The van der Waals surface area contributed by atoms with Gasteiger partial charge in [-0.3, -0.25) is 0 Å². The van der Waals surface area contributed by atoms with Crippen LogP contribution in [0.3, 0.4) is 0 Å². The molecule has 0 bridgehead atoms. The van der Waals surface area contributed by atoms with Crippen LogP contribution in [0.1, 0.15) is 38.5 Å². The molecule has 3 heteroatoms. The Kier molecular flexibility index (Phi) is 3.42. The Morgan fingerprint density at radius 1 is 1.21 bits per heavy atom. The Morgan fingerprint density at radius 3 is 2.43 bits per heavy atom. The molecule has 0 atom stereocenters. The maximum Gasteiger partial charge on any atom is 0.0480 e. The van der Waals surface area contributed by atoms with Crippen molar-refractivity contribution in [2.75, 3.05) is 19.8 Å². The molecule has 1 heterocycles. The van der Waals surface area contributed by atoms with E-state index in [0.29, 0.717) is 6.04 Å². The van der Waals surface area contributed by atoms with Crippen LogP contribution in [-0.4, -0.2) is 31.3 Å². The molecule has 1 saturated heterocycles. The van der Waals surface area contributed by atoms with Gasteiger partial charge >= 0.3 is 0 Å². The number of hydrogen-bond donors (Lipinski definition) is 2. The zero-order chi connectivity index (χ0) is 9.86. The molecule has 2 aliphatic rings. The van der Waals surface area contributed by atoms with E-state index in [-0.39, 0.29) is 5.54 Å². The number of nitrogens with one attached hydrogen (secondary N) is 1. The van der Waals surface area contributed by atoms with E-state index in [4.69, 9.17) is 10.5 Å². The van der Waals surface area contributed by atoms with Crippen molar-refractivity contribution in [3.05, 3.63) is 0 Å². The summed E-state index contributed by atoms with van der Waals surface area (Å²) in [5.41, 5.74) is 6.16. The first-order chi connectivity index (χ1) is 6.85. The zero-order valence-electron chi connectivity index (χ0n) is 8.93.